The minimum absolute atomic E-state index is 0.183. The molecule has 0 aliphatic rings. The molecule has 1 N–H and O–H groups in total. The number of aryl methyl sites for hydroxylation is 2. The molecule has 0 fully saturated rings. The van der Waals surface area contributed by atoms with Gasteiger partial charge in [0.25, 0.3) is 0 Å². The van der Waals surface area contributed by atoms with Crippen molar-refractivity contribution in [2.75, 3.05) is 14.2 Å². The summed E-state index contributed by atoms with van der Waals surface area (Å²) < 4.78 is 10.5. The smallest absolute Gasteiger partial charge is 0.171 e. The quantitative estimate of drug-likeness (QED) is 0.733. The molecule has 0 heterocycles. The molecular weight excluding hydrogens is 238 g/mol. The van der Waals surface area contributed by atoms with Crippen LogP contribution in [0.2, 0.25) is 0 Å². The first-order chi connectivity index (χ1) is 9.06. The maximum Gasteiger partial charge on any atom is 0.171 e. The van der Waals surface area contributed by atoms with E-state index >= 15 is 0 Å². The van der Waals surface area contributed by atoms with Crippen molar-refractivity contribution < 1.29 is 9.47 Å². The van der Waals surface area contributed by atoms with E-state index in [1.165, 1.54) is 11.1 Å². The number of nitrogens with one attached hydrogen (secondary N) is 1. The first-order valence-corrected chi connectivity index (χ1v) is 6.94. The van der Waals surface area contributed by atoms with Crippen LogP contribution in [0.4, 0.5) is 0 Å². The molecule has 0 amide bonds. The number of rotatable bonds is 8. The highest BCUT2D eigenvalue weighted by Crippen LogP contribution is 2.09. The lowest BCUT2D eigenvalue weighted by Crippen LogP contribution is -2.44. The van der Waals surface area contributed by atoms with E-state index in [1.807, 2.05) is 0 Å². The van der Waals surface area contributed by atoms with Crippen molar-refractivity contribution in [2.24, 2.45) is 0 Å². The van der Waals surface area contributed by atoms with Crippen molar-refractivity contribution in [2.45, 2.75) is 52.0 Å². The van der Waals surface area contributed by atoms with Gasteiger partial charge in [0.15, 0.2) is 6.29 Å². The van der Waals surface area contributed by atoms with Gasteiger partial charge in [0, 0.05) is 20.3 Å². The van der Waals surface area contributed by atoms with Gasteiger partial charge in [0.05, 0.1) is 6.04 Å². The lowest BCUT2D eigenvalue weighted by Gasteiger charge is -2.25. The van der Waals surface area contributed by atoms with E-state index < -0.39 is 0 Å². The summed E-state index contributed by atoms with van der Waals surface area (Å²) in [5, 5.41) is 3.52. The molecule has 0 saturated heterocycles. The number of hydrogen-bond donors (Lipinski definition) is 1. The first-order valence-electron chi connectivity index (χ1n) is 6.94. The standard InChI is InChI=1S/C16H27NO2/c1-12-7-6-8-15(11-12)10-9-13(2)17-14(3)16(18-4)19-5/h6-8,11,13-14,16-17H,9-10H2,1-5H3. The highest BCUT2D eigenvalue weighted by atomic mass is 16.7. The summed E-state index contributed by atoms with van der Waals surface area (Å²) in [5.41, 5.74) is 2.72. The average molecular weight is 265 g/mol. The van der Waals surface area contributed by atoms with E-state index in [9.17, 15) is 0 Å². The van der Waals surface area contributed by atoms with E-state index in [2.05, 4.69) is 50.4 Å². The molecule has 1 rings (SSSR count). The molecular formula is C16H27NO2. The first kappa shape index (κ1) is 16.2. The van der Waals surface area contributed by atoms with Crippen LogP contribution in [0.15, 0.2) is 24.3 Å². The van der Waals surface area contributed by atoms with Crippen LogP contribution in [0.5, 0.6) is 0 Å². The summed E-state index contributed by atoms with van der Waals surface area (Å²) in [6.45, 7) is 6.42. The van der Waals surface area contributed by atoms with Crippen molar-refractivity contribution in [3.05, 3.63) is 35.4 Å². The Balaban J connectivity index is 2.37. The summed E-state index contributed by atoms with van der Waals surface area (Å²) >= 11 is 0. The fourth-order valence-electron chi connectivity index (χ4n) is 2.37. The Morgan fingerprint density at radius 2 is 1.84 bits per heavy atom. The van der Waals surface area contributed by atoms with Crippen LogP contribution in [0, 0.1) is 6.92 Å². The highest BCUT2D eigenvalue weighted by molar-refractivity contribution is 5.22. The summed E-state index contributed by atoms with van der Waals surface area (Å²) in [6, 6.07) is 9.32. The van der Waals surface area contributed by atoms with Crippen LogP contribution < -0.4 is 5.32 Å². The molecule has 0 saturated carbocycles. The van der Waals surface area contributed by atoms with Crippen LogP contribution in [-0.4, -0.2) is 32.6 Å². The molecule has 2 unspecified atom stereocenters. The van der Waals surface area contributed by atoms with Crippen molar-refractivity contribution in [1.82, 2.24) is 5.32 Å². The molecule has 3 nitrogen and oxygen atoms in total. The Bertz CT molecular complexity index is 364. The summed E-state index contributed by atoms with van der Waals surface area (Å²) in [5.74, 6) is 0. The highest BCUT2D eigenvalue weighted by Gasteiger charge is 2.17. The molecule has 108 valence electrons. The molecule has 0 bridgehead atoms. The van der Waals surface area contributed by atoms with E-state index in [1.54, 1.807) is 14.2 Å². The van der Waals surface area contributed by atoms with Gasteiger partial charge >= 0.3 is 0 Å². The van der Waals surface area contributed by atoms with Gasteiger partial charge < -0.3 is 14.8 Å². The third-order valence-corrected chi connectivity index (χ3v) is 3.37. The monoisotopic (exact) mass is 265 g/mol. The minimum Gasteiger partial charge on any atom is -0.354 e. The van der Waals surface area contributed by atoms with Gasteiger partial charge in [-0.3, -0.25) is 0 Å². The Labute approximate surface area is 117 Å². The van der Waals surface area contributed by atoms with Crippen molar-refractivity contribution in [3.8, 4) is 0 Å². The van der Waals surface area contributed by atoms with Gasteiger partial charge in [0.2, 0.25) is 0 Å². The molecule has 0 aliphatic heterocycles. The van der Waals surface area contributed by atoms with Gasteiger partial charge in [-0.1, -0.05) is 29.8 Å². The van der Waals surface area contributed by atoms with Gasteiger partial charge in [-0.15, -0.1) is 0 Å². The molecule has 1 aromatic carbocycles. The van der Waals surface area contributed by atoms with E-state index in [4.69, 9.17) is 9.47 Å². The normalized spacial score (nSPS) is 14.6. The van der Waals surface area contributed by atoms with Gasteiger partial charge in [-0.2, -0.15) is 0 Å². The second-order valence-corrected chi connectivity index (χ2v) is 5.22. The molecule has 19 heavy (non-hydrogen) atoms. The number of benzene rings is 1. The number of hydrogen-bond acceptors (Lipinski definition) is 3. The van der Waals surface area contributed by atoms with Crippen LogP contribution in [-0.2, 0) is 15.9 Å². The maximum absolute atomic E-state index is 5.26. The topological polar surface area (TPSA) is 30.5 Å². The summed E-state index contributed by atoms with van der Waals surface area (Å²) in [4.78, 5) is 0. The summed E-state index contributed by atoms with van der Waals surface area (Å²) in [6.07, 6.45) is 2.00. The van der Waals surface area contributed by atoms with Gasteiger partial charge in [-0.25, -0.2) is 0 Å². The predicted octanol–water partition coefficient (Wildman–Crippen LogP) is 2.91. The third-order valence-electron chi connectivity index (χ3n) is 3.37. The van der Waals surface area contributed by atoms with Crippen molar-refractivity contribution in [1.29, 1.82) is 0 Å². The maximum atomic E-state index is 5.26. The fraction of sp³-hybridized carbons (Fsp3) is 0.625. The van der Waals surface area contributed by atoms with E-state index in [0.717, 1.165) is 12.8 Å². The fourth-order valence-corrected chi connectivity index (χ4v) is 2.37. The predicted molar refractivity (Wildman–Crippen MR) is 79.4 cm³/mol. The third kappa shape index (κ3) is 5.72. The lowest BCUT2D eigenvalue weighted by atomic mass is 10.0. The van der Waals surface area contributed by atoms with Crippen molar-refractivity contribution in [3.63, 3.8) is 0 Å². The Hall–Kier alpha value is -0.900. The van der Waals surface area contributed by atoms with E-state index in [-0.39, 0.29) is 12.3 Å². The van der Waals surface area contributed by atoms with Crippen LogP contribution >= 0.6 is 0 Å². The SMILES string of the molecule is COC(OC)C(C)NC(C)CCc1cccc(C)c1. The Morgan fingerprint density at radius 3 is 2.42 bits per heavy atom. The molecule has 3 heteroatoms. The second kappa shape index (κ2) is 8.31. The molecule has 0 spiro atoms. The second-order valence-electron chi connectivity index (χ2n) is 5.22. The molecule has 0 radical (unpaired) electrons. The van der Waals surface area contributed by atoms with Crippen LogP contribution in [0.3, 0.4) is 0 Å². The summed E-state index contributed by atoms with van der Waals surface area (Å²) in [7, 11) is 3.34. The lowest BCUT2D eigenvalue weighted by molar-refractivity contribution is -0.120. The van der Waals surface area contributed by atoms with Gasteiger partial charge in [0.1, 0.15) is 0 Å². The molecule has 0 aliphatic carbocycles. The zero-order valence-corrected chi connectivity index (χ0v) is 12.8. The number of methoxy groups -OCH3 is 2. The average Bonchev–Trinajstić information content (AvgIpc) is 2.38. The van der Waals surface area contributed by atoms with Crippen molar-refractivity contribution >= 4 is 0 Å². The molecule has 0 aromatic heterocycles. The van der Waals surface area contributed by atoms with Crippen LogP contribution in [0.1, 0.15) is 31.4 Å². The van der Waals surface area contributed by atoms with Gasteiger partial charge in [-0.05, 0) is 39.2 Å². The zero-order valence-electron chi connectivity index (χ0n) is 12.8. The Kier molecular flexibility index (Phi) is 7.06. The van der Waals surface area contributed by atoms with E-state index in [0.29, 0.717) is 6.04 Å². The minimum atomic E-state index is -0.193. The largest absolute Gasteiger partial charge is 0.354 e. The molecule has 2 atom stereocenters. The Morgan fingerprint density at radius 1 is 1.16 bits per heavy atom. The molecule has 1 aromatic rings. The zero-order chi connectivity index (χ0) is 14.3. The number of ether oxygens (including phenoxy) is 2. The van der Waals surface area contributed by atoms with Crippen LogP contribution in [0.25, 0.3) is 0 Å².